The number of hydrogen-bond donors (Lipinski definition) is 0. The van der Waals surface area contributed by atoms with E-state index < -0.39 is 25.1 Å². The molecule has 1 heterocycles. The molecule has 20 heavy (non-hydrogen) atoms. The second kappa shape index (κ2) is 7.75. The van der Waals surface area contributed by atoms with Crippen molar-refractivity contribution in [2.45, 2.75) is 48.7 Å². The predicted molar refractivity (Wildman–Crippen MR) is 79.1 cm³/mol. The third-order valence-electron chi connectivity index (χ3n) is 4.34. The van der Waals surface area contributed by atoms with E-state index in [1.54, 1.807) is 21.3 Å². The number of alkyl halides is 1. The van der Waals surface area contributed by atoms with Gasteiger partial charge in [0.1, 0.15) is 10.6 Å². The molecule has 0 aromatic carbocycles. The fraction of sp³-hybridized carbons (Fsp3) is 0.923. The highest BCUT2D eigenvalue weighted by molar-refractivity contribution is 6.70. The van der Waals surface area contributed by atoms with E-state index in [4.69, 9.17) is 25.2 Å². The van der Waals surface area contributed by atoms with Gasteiger partial charge >= 0.3 is 14.5 Å². The molecule has 1 aliphatic heterocycles. The van der Waals surface area contributed by atoms with Gasteiger partial charge in [-0.1, -0.05) is 12.8 Å². The maximum atomic E-state index is 11.4. The first-order valence-electron chi connectivity index (χ1n) is 6.88. The highest BCUT2D eigenvalue weighted by Gasteiger charge is 2.58. The van der Waals surface area contributed by atoms with Crippen molar-refractivity contribution in [3.05, 3.63) is 0 Å². The van der Waals surface area contributed by atoms with Gasteiger partial charge in [-0.05, 0) is 25.3 Å². The lowest BCUT2D eigenvalue weighted by molar-refractivity contribution is -0.140. The van der Waals surface area contributed by atoms with Gasteiger partial charge in [0.05, 0.1) is 7.11 Å². The van der Waals surface area contributed by atoms with Crippen LogP contribution in [0.3, 0.4) is 0 Å². The zero-order valence-electron chi connectivity index (χ0n) is 12.7. The van der Waals surface area contributed by atoms with Gasteiger partial charge in [-0.2, -0.15) is 0 Å². The van der Waals surface area contributed by atoms with Gasteiger partial charge in [-0.3, -0.25) is 4.79 Å². The molecule has 1 aliphatic rings. The third kappa shape index (κ3) is 3.36. The maximum Gasteiger partial charge on any atom is 0.370 e. The van der Waals surface area contributed by atoms with Gasteiger partial charge in [0, 0.05) is 21.3 Å². The molecule has 2 atom stereocenters. The molecule has 0 spiro atoms. The van der Waals surface area contributed by atoms with Crippen molar-refractivity contribution in [2.24, 2.45) is 0 Å². The molecule has 0 radical (unpaired) electrons. The Balaban J connectivity index is 2.85. The zero-order chi connectivity index (χ0) is 15.2. The van der Waals surface area contributed by atoms with E-state index in [9.17, 15) is 4.79 Å². The number of methoxy groups -OCH3 is 2. The summed E-state index contributed by atoms with van der Waals surface area (Å²) in [4.78, 5) is 11.4. The minimum Gasteiger partial charge on any atom is -0.468 e. The Labute approximate surface area is 127 Å². The van der Waals surface area contributed by atoms with Crippen molar-refractivity contribution >= 4 is 26.1 Å². The summed E-state index contributed by atoms with van der Waals surface area (Å²) in [7, 11) is 3.95. The summed E-state index contributed by atoms with van der Waals surface area (Å²) in [5.74, 6) is -0.407. The Hall–Kier alpha value is -0.143. The first kappa shape index (κ1) is 17.9. The number of ether oxygens (including phenoxy) is 2. The molecule has 0 saturated carbocycles. The minimum absolute atomic E-state index is 0.407. The zero-order valence-corrected chi connectivity index (χ0v) is 14.5. The maximum absolute atomic E-state index is 11.4. The van der Waals surface area contributed by atoms with Crippen LogP contribution in [0.25, 0.3) is 0 Å². The van der Waals surface area contributed by atoms with Crippen LogP contribution in [0.5, 0.6) is 0 Å². The van der Waals surface area contributed by atoms with Crippen molar-refractivity contribution in [2.75, 3.05) is 28.4 Å². The van der Waals surface area contributed by atoms with Crippen molar-refractivity contribution in [3.63, 3.8) is 0 Å². The van der Waals surface area contributed by atoms with E-state index in [1.165, 1.54) is 7.11 Å². The highest BCUT2D eigenvalue weighted by atomic mass is 35.5. The first-order chi connectivity index (χ1) is 9.50. The molecule has 5 nitrogen and oxygen atoms in total. The number of carbonyl (C=O) groups excluding carboxylic acids is 1. The summed E-state index contributed by atoms with van der Waals surface area (Å²) >= 11 is 6.05. The average Bonchev–Trinajstić information content (AvgIpc) is 2.51. The lowest BCUT2D eigenvalue weighted by Gasteiger charge is -2.48. The van der Waals surface area contributed by atoms with Gasteiger partial charge in [-0.25, -0.2) is 0 Å². The molecule has 7 heteroatoms. The second-order valence-electron chi connectivity index (χ2n) is 5.10. The van der Waals surface area contributed by atoms with Gasteiger partial charge in [-0.15, -0.1) is 11.6 Å². The molecule has 0 aromatic rings. The van der Waals surface area contributed by atoms with Crippen LogP contribution in [0.1, 0.15) is 32.1 Å². The van der Waals surface area contributed by atoms with Crippen LogP contribution < -0.4 is 0 Å². The lowest BCUT2D eigenvalue weighted by atomic mass is 10.0. The molecule has 1 rings (SSSR count). The van der Waals surface area contributed by atoms with Crippen LogP contribution in [0.2, 0.25) is 6.04 Å². The minimum atomic E-state index is -2.46. The Bertz CT molecular complexity index is 324. The van der Waals surface area contributed by atoms with Gasteiger partial charge < -0.3 is 18.3 Å². The van der Waals surface area contributed by atoms with E-state index in [-0.39, 0.29) is 0 Å². The van der Waals surface area contributed by atoms with E-state index in [0.717, 1.165) is 25.3 Å². The fourth-order valence-corrected chi connectivity index (χ4v) is 7.21. The highest BCUT2D eigenvalue weighted by Crippen LogP contribution is 2.43. The van der Waals surface area contributed by atoms with E-state index in [1.807, 2.05) is 0 Å². The Morgan fingerprint density at radius 2 is 1.90 bits per heavy atom. The summed E-state index contributed by atoms with van der Waals surface area (Å²) in [5, 5.41) is -1.11. The molecular formula is C13H25ClO5Si. The molecule has 2 unspecified atom stereocenters. The molecule has 0 bridgehead atoms. The number of esters is 1. The molecule has 0 aromatic heterocycles. The normalized spacial score (nSPS) is 27.1. The first-order valence-corrected chi connectivity index (χ1v) is 9.34. The van der Waals surface area contributed by atoms with Crippen molar-refractivity contribution < 1.29 is 23.1 Å². The standard InChI is InChI=1S/C13H25ClO5Si/c1-16-12(15)11(14)7-9-13(17-2)8-5-6-10-20(13,18-3)19-4/h11H,5-10H2,1-4H3. The summed E-state index contributed by atoms with van der Waals surface area (Å²) in [6, 6.07) is 0.902. The van der Waals surface area contributed by atoms with Crippen LogP contribution >= 0.6 is 11.6 Å². The predicted octanol–water partition coefficient (Wildman–Crippen LogP) is 2.39. The molecular weight excluding hydrogens is 300 g/mol. The molecule has 0 N–H and O–H groups in total. The van der Waals surface area contributed by atoms with Gasteiger partial charge in [0.15, 0.2) is 0 Å². The fourth-order valence-electron chi connectivity index (χ4n) is 3.13. The quantitative estimate of drug-likeness (QED) is 0.409. The summed E-state index contributed by atoms with van der Waals surface area (Å²) in [6.07, 6.45) is 4.16. The summed E-state index contributed by atoms with van der Waals surface area (Å²) < 4.78 is 22.1. The number of rotatable bonds is 7. The summed E-state index contributed by atoms with van der Waals surface area (Å²) in [6.45, 7) is 0. The largest absolute Gasteiger partial charge is 0.468 e. The smallest absolute Gasteiger partial charge is 0.370 e. The third-order valence-corrected chi connectivity index (χ3v) is 9.16. The van der Waals surface area contributed by atoms with Crippen LogP contribution in [-0.4, -0.2) is 53.6 Å². The van der Waals surface area contributed by atoms with Crippen molar-refractivity contribution in [1.29, 1.82) is 0 Å². The molecule has 0 amide bonds. The number of hydrogen-bond acceptors (Lipinski definition) is 5. The summed E-state index contributed by atoms with van der Waals surface area (Å²) in [5.41, 5.74) is 0. The van der Waals surface area contributed by atoms with Gasteiger partial charge in [0.2, 0.25) is 0 Å². The van der Waals surface area contributed by atoms with E-state index in [0.29, 0.717) is 12.8 Å². The van der Waals surface area contributed by atoms with Crippen LogP contribution in [0.15, 0.2) is 0 Å². The van der Waals surface area contributed by atoms with E-state index >= 15 is 0 Å². The SMILES string of the molecule is COC(=O)C(Cl)CCC1(OC)CCCC[Si]1(OC)OC. The van der Waals surface area contributed by atoms with Gasteiger partial charge in [0.25, 0.3) is 0 Å². The van der Waals surface area contributed by atoms with Crippen molar-refractivity contribution in [1.82, 2.24) is 0 Å². The van der Waals surface area contributed by atoms with Crippen LogP contribution in [0.4, 0.5) is 0 Å². The lowest BCUT2D eigenvalue weighted by Crippen LogP contribution is -2.64. The van der Waals surface area contributed by atoms with E-state index in [2.05, 4.69) is 4.74 Å². The number of carbonyl (C=O) groups is 1. The Kier molecular flexibility index (Phi) is 6.94. The van der Waals surface area contributed by atoms with Crippen LogP contribution in [-0.2, 0) is 23.1 Å². The molecule has 1 fully saturated rings. The van der Waals surface area contributed by atoms with Crippen molar-refractivity contribution in [3.8, 4) is 0 Å². The second-order valence-corrected chi connectivity index (χ2v) is 9.36. The average molecular weight is 325 g/mol. The topological polar surface area (TPSA) is 54.0 Å². The Morgan fingerprint density at radius 1 is 1.25 bits per heavy atom. The molecule has 1 saturated heterocycles. The number of halogens is 1. The monoisotopic (exact) mass is 324 g/mol. The molecule has 118 valence electrons. The van der Waals surface area contributed by atoms with Crippen LogP contribution in [0, 0.1) is 0 Å². The Morgan fingerprint density at radius 3 is 2.40 bits per heavy atom. The molecule has 0 aliphatic carbocycles.